The molecule has 0 fully saturated rings. The van der Waals surface area contributed by atoms with Crippen LogP contribution in [0, 0.1) is 0 Å². The van der Waals surface area contributed by atoms with E-state index in [9.17, 15) is 4.79 Å². The highest BCUT2D eigenvalue weighted by atomic mass is 16.5. The lowest BCUT2D eigenvalue weighted by Gasteiger charge is -2.08. The number of ether oxygens (including phenoxy) is 1. The summed E-state index contributed by atoms with van der Waals surface area (Å²) in [4.78, 5) is 20.8. The van der Waals surface area contributed by atoms with Crippen molar-refractivity contribution in [3.8, 4) is 22.9 Å². The third kappa shape index (κ3) is 4.84. The van der Waals surface area contributed by atoms with E-state index in [1.807, 2.05) is 72.8 Å². The van der Waals surface area contributed by atoms with Crippen LogP contribution in [0.1, 0.15) is 15.9 Å². The molecule has 0 aliphatic rings. The average Bonchev–Trinajstić information content (AvgIpc) is 2.79. The molecule has 1 aromatic heterocycles. The number of benzene rings is 3. The first-order chi connectivity index (χ1) is 14.3. The minimum absolute atomic E-state index is 0.115. The van der Waals surface area contributed by atoms with Crippen LogP contribution in [0.15, 0.2) is 97.3 Å². The lowest BCUT2D eigenvalue weighted by atomic mass is 10.1. The Labute approximate surface area is 169 Å². The summed E-state index contributed by atoms with van der Waals surface area (Å²) in [5.74, 6) is 1.06. The molecule has 3 aromatic carbocycles. The molecule has 0 saturated carbocycles. The van der Waals surface area contributed by atoms with E-state index >= 15 is 0 Å². The van der Waals surface area contributed by atoms with Crippen molar-refractivity contribution >= 4 is 5.91 Å². The highest BCUT2D eigenvalue weighted by Crippen LogP contribution is 2.24. The maximum Gasteiger partial charge on any atom is 0.251 e. The Balaban J connectivity index is 1.43. The van der Waals surface area contributed by atoms with E-state index < -0.39 is 0 Å². The number of nitrogens with one attached hydrogen (secondary N) is 1. The van der Waals surface area contributed by atoms with Crippen LogP contribution in [-0.4, -0.2) is 15.9 Å². The number of hydrogen-bond acceptors (Lipinski definition) is 4. The van der Waals surface area contributed by atoms with Crippen molar-refractivity contribution in [3.05, 3.63) is 108 Å². The van der Waals surface area contributed by atoms with Crippen molar-refractivity contribution in [3.63, 3.8) is 0 Å². The molecule has 1 N–H and O–H groups in total. The molecule has 4 aromatic rings. The third-order valence-electron chi connectivity index (χ3n) is 4.35. The summed E-state index contributed by atoms with van der Waals surface area (Å²) in [5.41, 5.74) is 3.26. The van der Waals surface area contributed by atoms with Crippen molar-refractivity contribution in [1.29, 1.82) is 0 Å². The molecule has 0 bridgehead atoms. The summed E-state index contributed by atoms with van der Waals surface area (Å²) < 4.78 is 5.76. The Kier molecular flexibility index (Phi) is 5.58. The fraction of sp³-hybridized carbons (Fsp3) is 0.0417. The number of aromatic nitrogens is 2. The first kappa shape index (κ1) is 18.4. The minimum atomic E-state index is -0.115. The molecule has 0 radical (unpaired) electrons. The molecule has 0 atom stereocenters. The molecular weight excluding hydrogens is 362 g/mol. The quantitative estimate of drug-likeness (QED) is 0.518. The molecule has 1 heterocycles. The molecule has 0 aliphatic heterocycles. The van der Waals surface area contributed by atoms with Gasteiger partial charge in [0.1, 0.15) is 12.1 Å². The van der Waals surface area contributed by atoms with Gasteiger partial charge in [-0.2, -0.15) is 0 Å². The fourth-order valence-corrected chi connectivity index (χ4v) is 2.84. The van der Waals surface area contributed by atoms with Gasteiger partial charge in [-0.15, -0.1) is 0 Å². The van der Waals surface area contributed by atoms with Crippen LogP contribution < -0.4 is 10.1 Å². The lowest BCUT2D eigenvalue weighted by molar-refractivity contribution is 0.0951. The molecule has 0 spiro atoms. The van der Waals surface area contributed by atoms with Crippen molar-refractivity contribution in [2.24, 2.45) is 0 Å². The van der Waals surface area contributed by atoms with Crippen molar-refractivity contribution in [1.82, 2.24) is 15.3 Å². The zero-order chi connectivity index (χ0) is 19.9. The van der Waals surface area contributed by atoms with Crippen LogP contribution in [0.5, 0.6) is 11.6 Å². The van der Waals surface area contributed by atoms with Gasteiger partial charge < -0.3 is 10.1 Å². The monoisotopic (exact) mass is 381 g/mol. The van der Waals surface area contributed by atoms with Crippen LogP contribution in [0.25, 0.3) is 11.3 Å². The second kappa shape index (κ2) is 8.80. The molecule has 0 saturated heterocycles. The topological polar surface area (TPSA) is 64.1 Å². The van der Waals surface area contributed by atoms with Crippen LogP contribution in [-0.2, 0) is 6.54 Å². The molecule has 0 aliphatic carbocycles. The summed E-state index contributed by atoms with van der Waals surface area (Å²) >= 11 is 0. The fourth-order valence-electron chi connectivity index (χ4n) is 2.84. The Hall–Kier alpha value is -3.99. The Morgan fingerprint density at radius 3 is 2.24 bits per heavy atom. The van der Waals surface area contributed by atoms with Gasteiger partial charge >= 0.3 is 0 Å². The van der Waals surface area contributed by atoms with E-state index in [2.05, 4.69) is 15.3 Å². The molecule has 1 amide bonds. The van der Waals surface area contributed by atoms with Gasteiger partial charge in [-0.1, -0.05) is 60.7 Å². The molecule has 142 valence electrons. The van der Waals surface area contributed by atoms with Crippen molar-refractivity contribution in [2.75, 3.05) is 0 Å². The van der Waals surface area contributed by atoms with E-state index in [0.29, 0.717) is 23.7 Å². The van der Waals surface area contributed by atoms with E-state index in [1.54, 1.807) is 18.2 Å². The summed E-state index contributed by atoms with van der Waals surface area (Å²) in [6, 6.07) is 28.4. The van der Waals surface area contributed by atoms with Gasteiger partial charge in [0.15, 0.2) is 0 Å². The van der Waals surface area contributed by atoms with E-state index in [0.717, 1.165) is 16.8 Å². The molecule has 29 heavy (non-hydrogen) atoms. The number of carbonyl (C=O) groups excluding carboxylic acids is 1. The summed E-state index contributed by atoms with van der Waals surface area (Å²) in [7, 11) is 0. The minimum Gasteiger partial charge on any atom is -0.439 e. The average molecular weight is 381 g/mol. The van der Waals surface area contributed by atoms with Crippen LogP contribution in [0.3, 0.4) is 0 Å². The number of carbonyl (C=O) groups is 1. The molecule has 0 unspecified atom stereocenters. The van der Waals surface area contributed by atoms with Gasteiger partial charge in [0.25, 0.3) is 5.91 Å². The second-order valence-corrected chi connectivity index (χ2v) is 6.40. The van der Waals surface area contributed by atoms with Crippen LogP contribution in [0.4, 0.5) is 0 Å². The number of rotatable bonds is 6. The van der Waals surface area contributed by atoms with Crippen molar-refractivity contribution in [2.45, 2.75) is 6.54 Å². The van der Waals surface area contributed by atoms with Gasteiger partial charge in [0.2, 0.25) is 5.88 Å². The van der Waals surface area contributed by atoms with E-state index in [1.165, 1.54) is 6.33 Å². The van der Waals surface area contributed by atoms with E-state index in [4.69, 9.17) is 4.74 Å². The Bertz CT molecular complexity index is 1080. The number of nitrogens with zero attached hydrogens (tertiary/aromatic N) is 2. The van der Waals surface area contributed by atoms with Gasteiger partial charge in [0, 0.05) is 23.7 Å². The zero-order valence-corrected chi connectivity index (χ0v) is 15.7. The SMILES string of the molecule is O=C(NCc1ccccc1)c1ccc(-c2cc(Oc3ccccc3)ncn2)cc1. The normalized spacial score (nSPS) is 10.3. The predicted octanol–water partition coefficient (Wildman–Crippen LogP) is 4.87. The first-order valence-electron chi connectivity index (χ1n) is 9.25. The third-order valence-corrected chi connectivity index (χ3v) is 4.35. The number of hydrogen-bond donors (Lipinski definition) is 1. The number of amides is 1. The second-order valence-electron chi connectivity index (χ2n) is 6.40. The number of para-hydroxylation sites is 1. The molecule has 4 rings (SSSR count). The Morgan fingerprint density at radius 1 is 0.828 bits per heavy atom. The predicted molar refractivity (Wildman–Crippen MR) is 112 cm³/mol. The van der Waals surface area contributed by atoms with Gasteiger partial charge in [0.05, 0.1) is 5.69 Å². The standard InChI is InChI=1S/C24H19N3O2/c28-24(25-16-18-7-3-1-4-8-18)20-13-11-19(12-14-20)22-15-23(27-17-26-22)29-21-9-5-2-6-10-21/h1-15,17H,16H2,(H,25,28). The maximum absolute atomic E-state index is 12.4. The highest BCUT2D eigenvalue weighted by molar-refractivity contribution is 5.94. The largest absolute Gasteiger partial charge is 0.439 e. The van der Waals surface area contributed by atoms with Gasteiger partial charge in [-0.05, 0) is 29.8 Å². The van der Waals surface area contributed by atoms with E-state index in [-0.39, 0.29) is 5.91 Å². The summed E-state index contributed by atoms with van der Waals surface area (Å²) in [6.45, 7) is 0.494. The zero-order valence-electron chi connectivity index (χ0n) is 15.7. The highest BCUT2D eigenvalue weighted by Gasteiger charge is 2.08. The Morgan fingerprint density at radius 2 is 1.52 bits per heavy atom. The molecular formula is C24H19N3O2. The summed E-state index contributed by atoms with van der Waals surface area (Å²) in [6.07, 6.45) is 1.47. The van der Waals surface area contributed by atoms with Gasteiger partial charge in [-0.25, -0.2) is 9.97 Å². The maximum atomic E-state index is 12.4. The lowest BCUT2D eigenvalue weighted by Crippen LogP contribution is -2.22. The molecule has 5 nitrogen and oxygen atoms in total. The van der Waals surface area contributed by atoms with Crippen molar-refractivity contribution < 1.29 is 9.53 Å². The van der Waals surface area contributed by atoms with Crippen LogP contribution >= 0.6 is 0 Å². The first-order valence-corrected chi connectivity index (χ1v) is 9.25. The summed E-state index contributed by atoms with van der Waals surface area (Å²) in [5, 5.41) is 2.93. The molecule has 5 heteroatoms. The van der Waals surface area contributed by atoms with Gasteiger partial charge in [-0.3, -0.25) is 4.79 Å². The van der Waals surface area contributed by atoms with Crippen LogP contribution in [0.2, 0.25) is 0 Å². The smallest absolute Gasteiger partial charge is 0.251 e.